The van der Waals surface area contributed by atoms with Gasteiger partial charge in [0, 0.05) is 29.6 Å². The van der Waals surface area contributed by atoms with Crippen molar-refractivity contribution in [1.82, 2.24) is 25.1 Å². The number of carbonyl (C=O) groups is 1. The minimum absolute atomic E-state index is 0.109. The molecule has 0 fully saturated rings. The molecule has 2 heterocycles. The summed E-state index contributed by atoms with van der Waals surface area (Å²) in [5.41, 5.74) is 3.32. The van der Waals surface area contributed by atoms with Crippen LogP contribution in [0.5, 0.6) is 0 Å². The average Bonchev–Trinajstić information content (AvgIpc) is 2.94. The zero-order valence-electron chi connectivity index (χ0n) is 13.6. The third-order valence-electron chi connectivity index (χ3n) is 3.17. The van der Waals surface area contributed by atoms with Crippen molar-refractivity contribution in [1.29, 1.82) is 0 Å². The molecule has 3 N–H and O–H groups in total. The van der Waals surface area contributed by atoms with Crippen LogP contribution in [0.3, 0.4) is 0 Å². The van der Waals surface area contributed by atoms with Gasteiger partial charge in [-0.3, -0.25) is 15.2 Å². The highest BCUT2D eigenvalue weighted by Crippen LogP contribution is 2.19. The van der Waals surface area contributed by atoms with Crippen molar-refractivity contribution >= 4 is 23.5 Å². The maximum absolute atomic E-state index is 11.0. The quantitative estimate of drug-likeness (QED) is 0.681. The first-order valence-electron chi connectivity index (χ1n) is 7.39. The molecule has 8 nitrogen and oxygen atoms in total. The normalized spacial score (nSPS) is 10.5. The number of aryl methyl sites for hydroxylation is 2. The average molecular weight is 323 g/mol. The van der Waals surface area contributed by atoms with Gasteiger partial charge in [0.2, 0.25) is 17.8 Å². The molecular formula is C16H17N7O. The summed E-state index contributed by atoms with van der Waals surface area (Å²) in [4.78, 5) is 24.0. The number of anilines is 3. The zero-order valence-corrected chi connectivity index (χ0v) is 13.6. The van der Waals surface area contributed by atoms with Gasteiger partial charge in [0.1, 0.15) is 0 Å². The van der Waals surface area contributed by atoms with Crippen molar-refractivity contribution in [3.05, 3.63) is 41.7 Å². The number of hydrogen-bond acceptors (Lipinski definition) is 6. The highest BCUT2D eigenvalue weighted by Gasteiger charge is 2.08. The Morgan fingerprint density at radius 2 is 1.67 bits per heavy atom. The Labute approximate surface area is 138 Å². The molecule has 0 spiro atoms. The smallest absolute Gasteiger partial charge is 0.249 e. The Morgan fingerprint density at radius 1 is 1.00 bits per heavy atom. The summed E-state index contributed by atoms with van der Waals surface area (Å²) in [6, 6.07) is 9.20. The second-order valence-electron chi connectivity index (χ2n) is 5.37. The van der Waals surface area contributed by atoms with Crippen LogP contribution < -0.4 is 10.6 Å². The molecule has 3 aromatic rings. The second kappa shape index (κ2) is 6.45. The van der Waals surface area contributed by atoms with Gasteiger partial charge in [0.15, 0.2) is 5.82 Å². The van der Waals surface area contributed by atoms with Gasteiger partial charge >= 0.3 is 0 Å². The van der Waals surface area contributed by atoms with Gasteiger partial charge in [-0.1, -0.05) is 0 Å². The van der Waals surface area contributed by atoms with Crippen LogP contribution in [0.25, 0.3) is 11.4 Å². The van der Waals surface area contributed by atoms with Crippen LogP contribution in [0.15, 0.2) is 30.3 Å². The van der Waals surface area contributed by atoms with E-state index in [0.717, 1.165) is 22.6 Å². The maximum Gasteiger partial charge on any atom is 0.249 e. The van der Waals surface area contributed by atoms with Crippen molar-refractivity contribution in [2.75, 3.05) is 10.6 Å². The van der Waals surface area contributed by atoms with Gasteiger partial charge in [-0.05, 0) is 44.2 Å². The van der Waals surface area contributed by atoms with E-state index in [9.17, 15) is 4.79 Å². The highest BCUT2D eigenvalue weighted by atomic mass is 16.1. The van der Waals surface area contributed by atoms with E-state index in [1.807, 2.05) is 32.0 Å². The SMILES string of the molecule is CC(=O)Nc1ccc(-c2nc(Nc3nc(C)cc(C)n3)n[nH]2)cc1. The molecule has 0 saturated heterocycles. The molecule has 0 saturated carbocycles. The van der Waals surface area contributed by atoms with Gasteiger partial charge < -0.3 is 5.32 Å². The number of carbonyl (C=O) groups excluding carboxylic acids is 1. The standard InChI is InChI=1S/C16H17N7O/c1-9-8-10(2)18-15(17-9)21-16-20-14(22-23-16)12-4-6-13(7-5-12)19-11(3)24/h4-8H,1-3H3,(H,19,24)(H2,17,18,20,21,22,23). The third-order valence-corrected chi connectivity index (χ3v) is 3.17. The van der Waals surface area contributed by atoms with E-state index in [2.05, 4.69) is 35.8 Å². The molecule has 0 aliphatic carbocycles. The molecule has 1 amide bonds. The Balaban J connectivity index is 1.76. The van der Waals surface area contributed by atoms with E-state index < -0.39 is 0 Å². The summed E-state index contributed by atoms with van der Waals surface area (Å²) < 4.78 is 0. The topological polar surface area (TPSA) is 108 Å². The fourth-order valence-electron chi connectivity index (χ4n) is 2.24. The van der Waals surface area contributed by atoms with Crippen LogP contribution in [-0.2, 0) is 4.79 Å². The van der Waals surface area contributed by atoms with Crippen LogP contribution in [0.4, 0.5) is 17.6 Å². The van der Waals surface area contributed by atoms with Crippen LogP contribution in [0.1, 0.15) is 18.3 Å². The minimum Gasteiger partial charge on any atom is -0.326 e. The first-order chi connectivity index (χ1) is 11.5. The number of amides is 1. The number of rotatable bonds is 4. The minimum atomic E-state index is -0.109. The van der Waals surface area contributed by atoms with E-state index in [1.54, 1.807) is 12.1 Å². The fraction of sp³-hybridized carbons (Fsp3) is 0.188. The summed E-state index contributed by atoms with van der Waals surface area (Å²) in [5.74, 6) is 1.35. The third kappa shape index (κ3) is 3.72. The van der Waals surface area contributed by atoms with E-state index in [0.29, 0.717) is 17.7 Å². The summed E-state index contributed by atoms with van der Waals surface area (Å²) >= 11 is 0. The number of nitrogens with one attached hydrogen (secondary N) is 3. The van der Waals surface area contributed by atoms with Crippen molar-refractivity contribution in [3.8, 4) is 11.4 Å². The molecule has 0 aliphatic heterocycles. The van der Waals surface area contributed by atoms with Gasteiger partial charge in [0.05, 0.1) is 0 Å². The lowest BCUT2D eigenvalue weighted by Crippen LogP contribution is -2.05. The lowest BCUT2D eigenvalue weighted by Gasteiger charge is -2.03. The molecule has 1 aromatic carbocycles. The summed E-state index contributed by atoms with van der Waals surface area (Å²) in [6.45, 7) is 5.27. The number of aromatic nitrogens is 5. The van der Waals surface area contributed by atoms with E-state index in [4.69, 9.17) is 0 Å². The van der Waals surface area contributed by atoms with Gasteiger partial charge in [0.25, 0.3) is 0 Å². The predicted molar refractivity (Wildman–Crippen MR) is 90.9 cm³/mol. The van der Waals surface area contributed by atoms with Crippen molar-refractivity contribution in [2.45, 2.75) is 20.8 Å². The molecule has 2 aromatic heterocycles. The molecule has 0 bridgehead atoms. The second-order valence-corrected chi connectivity index (χ2v) is 5.37. The number of nitrogens with zero attached hydrogens (tertiary/aromatic N) is 4. The van der Waals surface area contributed by atoms with E-state index in [1.165, 1.54) is 6.92 Å². The molecular weight excluding hydrogens is 306 g/mol. The summed E-state index contributed by atoms with van der Waals surface area (Å²) in [6.07, 6.45) is 0. The van der Waals surface area contributed by atoms with Gasteiger partial charge in [-0.25, -0.2) is 9.97 Å². The Hall–Kier alpha value is -3.29. The lowest BCUT2D eigenvalue weighted by atomic mass is 10.2. The first-order valence-corrected chi connectivity index (χ1v) is 7.39. The molecule has 0 atom stereocenters. The monoisotopic (exact) mass is 323 g/mol. The van der Waals surface area contributed by atoms with Crippen LogP contribution in [0, 0.1) is 13.8 Å². The molecule has 0 aliphatic rings. The van der Waals surface area contributed by atoms with Crippen LogP contribution >= 0.6 is 0 Å². The molecule has 0 unspecified atom stereocenters. The molecule has 3 rings (SSSR count). The predicted octanol–water partition coefficient (Wildman–Crippen LogP) is 2.58. The number of H-pyrrole nitrogens is 1. The zero-order chi connectivity index (χ0) is 17.1. The van der Waals surface area contributed by atoms with Crippen molar-refractivity contribution in [3.63, 3.8) is 0 Å². The number of aromatic amines is 1. The van der Waals surface area contributed by atoms with Gasteiger partial charge in [-0.2, -0.15) is 4.98 Å². The van der Waals surface area contributed by atoms with E-state index >= 15 is 0 Å². The summed E-state index contributed by atoms with van der Waals surface area (Å²) in [7, 11) is 0. The molecule has 8 heteroatoms. The number of benzene rings is 1. The Bertz CT molecular complexity index is 850. The molecule has 122 valence electrons. The number of hydrogen-bond donors (Lipinski definition) is 3. The lowest BCUT2D eigenvalue weighted by molar-refractivity contribution is -0.114. The summed E-state index contributed by atoms with van der Waals surface area (Å²) in [5, 5.41) is 12.7. The fourth-order valence-corrected chi connectivity index (χ4v) is 2.24. The largest absolute Gasteiger partial charge is 0.326 e. The molecule has 24 heavy (non-hydrogen) atoms. The van der Waals surface area contributed by atoms with E-state index in [-0.39, 0.29) is 5.91 Å². The first kappa shape index (κ1) is 15.6. The van der Waals surface area contributed by atoms with Crippen LogP contribution in [-0.4, -0.2) is 31.1 Å². The highest BCUT2D eigenvalue weighted by molar-refractivity contribution is 5.88. The van der Waals surface area contributed by atoms with Crippen LogP contribution in [0.2, 0.25) is 0 Å². The van der Waals surface area contributed by atoms with Crippen molar-refractivity contribution in [2.24, 2.45) is 0 Å². The Kier molecular flexibility index (Phi) is 4.19. The maximum atomic E-state index is 11.0. The molecule has 0 radical (unpaired) electrons. The van der Waals surface area contributed by atoms with Gasteiger partial charge in [-0.15, -0.1) is 5.10 Å². The van der Waals surface area contributed by atoms with Crippen molar-refractivity contribution < 1.29 is 4.79 Å². The Morgan fingerprint density at radius 3 is 2.29 bits per heavy atom.